The first-order chi connectivity index (χ1) is 9.70. The molecule has 20 heavy (non-hydrogen) atoms. The van der Waals surface area contributed by atoms with Crippen LogP contribution in [0.15, 0.2) is 24.3 Å². The Bertz CT molecular complexity index is 458. The smallest absolute Gasteiger partial charge is 0.138 e. The predicted octanol–water partition coefficient (Wildman–Crippen LogP) is 2.86. The first-order valence-electron chi connectivity index (χ1n) is 7.46. The molecule has 0 saturated heterocycles. The van der Waals surface area contributed by atoms with Gasteiger partial charge in [-0.2, -0.15) is 0 Å². The van der Waals surface area contributed by atoms with Gasteiger partial charge in [0.1, 0.15) is 18.5 Å². The second kappa shape index (κ2) is 5.92. The number of aliphatic hydroxyl groups is 1. The highest BCUT2D eigenvalue weighted by Gasteiger charge is 2.53. The molecule has 0 heterocycles. The van der Waals surface area contributed by atoms with Crippen molar-refractivity contribution in [3.05, 3.63) is 29.3 Å². The van der Waals surface area contributed by atoms with Gasteiger partial charge in [0.2, 0.25) is 0 Å². The largest absolute Gasteiger partial charge is 0.489 e. The number of halogens is 1. The molecule has 2 aliphatic rings. The van der Waals surface area contributed by atoms with E-state index in [9.17, 15) is 5.11 Å². The van der Waals surface area contributed by atoms with Crippen molar-refractivity contribution in [2.75, 3.05) is 19.7 Å². The van der Waals surface area contributed by atoms with Gasteiger partial charge in [-0.1, -0.05) is 23.7 Å². The van der Waals surface area contributed by atoms with E-state index in [2.05, 4.69) is 5.32 Å². The maximum Gasteiger partial charge on any atom is 0.138 e. The standard InChI is InChI=1S/C16H22ClNO2/c17-14-3-1-2-4-15(14)20-10-13(19)9-18-11-16(7-8-16)12-5-6-12/h1-4,12-13,18-19H,5-11H2. The number of ether oxygens (including phenoxy) is 1. The zero-order valence-electron chi connectivity index (χ0n) is 11.6. The summed E-state index contributed by atoms with van der Waals surface area (Å²) in [6, 6.07) is 7.33. The van der Waals surface area contributed by atoms with E-state index < -0.39 is 6.10 Å². The van der Waals surface area contributed by atoms with Gasteiger partial charge in [-0.3, -0.25) is 0 Å². The number of hydrogen-bond acceptors (Lipinski definition) is 3. The summed E-state index contributed by atoms with van der Waals surface area (Å²) in [5, 5.41) is 13.9. The molecule has 3 nitrogen and oxygen atoms in total. The summed E-state index contributed by atoms with van der Waals surface area (Å²) in [6.45, 7) is 1.90. The van der Waals surface area contributed by atoms with E-state index in [1.54, 1.807) is 6.07 Å². The Hall–Kier alpha value is -0.770. The molecule has 0 radical (unpaired) electrons. The third-order valence-corrected chi connectivity index (χ3v) is 4.77. The summed E-state index contributed by atoms with van der Waals surface area (Å²) < 4.78 is 5.53. The second-order valence-electron chi connectivity index (χ2n) is 6.16. The maximum atomic E-state index is 9.94. The van der Waals surface area contributed by atoms with Crippen LogP contribution in [0.5, 0.6) is 5.75 Å². The van der Waals surface area contributed by atoms with Crippen molar-refractivity contribution >= 4 is 11.6 Å². The molecule has 110 valence electrons. The molecule has 2 N–H and O–H groups in total. The molecule has 1 atom stereocenters. The van der Waals surface area contributed by atoms with Crippen molar-refractivity contribution in [2.24, 2.45) is 11.3 Å². The van der Waals surface area contributed by atoms with Gasteiger partial charge in [-0.25, -0.2) is 0 Å². The van der Waals surface area contributed by atoms with Crippen molar-refractivity contribution in [2.45, 2.75) is 31.8 Å². The topological polar surface area (TPSA) is 41.5 Å². The molecule has 3 rings (SSSR count). The van der Waals surface area contributed by atoms with E-state index in [1.165, 1.54) is 25.7 Å². The van der Waals surface area contributed by atoms with Crippen LogP contribution in [0.3, 0.4) is 0 Å². The number of benzene rings is 1. The van der Waals surface area contributed by atoms with Gasteiger partial charge >= 0.3 is 0 Å². The van der Waals surface area contributed by atoms with E-state index in [0.717, 1.165) is 12.5 Å². The van der Waals surface area contributed by atoms with Crippen LogP contribution in [0.25, 0.3) is 0 Å². The van der Waals surface area contributed by atoms with Gasteiger partial charge in [-0.05, 0) is 49.1 Å². The van der Waals surface area contributed by atoms with Crippen LogP contribution < -0.4 is 10.1 Å². The third-order valence-electron chi connectivity index (χ3n) is 4.46. The highest BCUT2D eigenvalue weighted by atomic mass is 35.5. The Kier molecular flexibility index (Phi) is 4.20. The Morgan fingerprint density at radius 3 is 2.75 bits per heavy atom. The second-order valence-corrected chi connectivity index (χ2v) is 6.57. The zero-order chi connectivity index (χ0) is 14.0. The number of rotatable bonds is 8. The summed E-state index contributed by atoms with van der Waals surface area (Å²) in [5.41, 5.74) is 0.573. The minimum absolute atomic E-state index is 0.271. The molecule has 1 aromatic rings. The van der Waals surface area contributed by atoms with Gasteiger partial charge < -0.3 is 15.2 Å². The molecule has 0 aromatic heterocycles. The van der Waals surface area contributed by atoms with Gasteiger partial charge in [0, 0.05) is 13.1 Å². The first-order valence-corrected chi connectivity index (χ1v) is 7.83. The fourth-order valence-electron chi connectivity index (χ4n) is 2.88. The lowest BCUT2D eigenvalue weighted by Crippen LogP contribution is -2.35. The molecule has 0 aliphatic heterocycles. The number of para-hydroxylation sites is 1. The molecule has 2 aliphatic carbocycles. The predicted molar refractivity (Wildman–Crippen MR) is 80.2 cm³/mol. The SMILES string of the molecule is OC(CNCC1(C2CC2)CC1)COc1ccccc1Cl. The number of nitrogens with one attached hydrogen (secondary N) is 1. The fourth-order valence-corrected chi connectivity index (χ4v) is 3.07. The van der Waals surface area contributed by atoms with Crippen molar-refractivity contribution in [1.29, 1.82) is 0 Å². The van der Waals surface area contributed by atoms with E-state index in [4.69, 9.17) is 16.3 Å². The molecule has 0 spiro atoms. The number of hydrogen-bond donors (Lipinski definition) is 2. The highest BCUT2D eigenvalue weighted by Crippen LogP contribution is 2.60. The van der Waals surface area contributed by atoms with Gasteiger partial charge in [0.25, 0.3) is 0 Å². The first kappa shape index (κ1) is 14.2. The Balaban J connectivity index is 1.35. The van der Waals surface area contributed by atoms with E-state index in [-0.39, 0.29) is 6.61 Å². The van der Waals surface area contributed by atoms with E-state index in [0.29, 0.717) is 22.7 Å². The molecular weight excluding hydrogens is 274 g/mol. The molecule has 4 heteroatoms. The van der Waals surface area contributed by atoms with Crippen LogP contribution in [0.2, 0.25) is 5.02 Å². The van der Waals surface area contributed by atoms with Crippen molar-refractivity contribution < 1.29 is 9.84 Å². The normalized spacial score (nSPS) is 21.5. The monoisotopic (exact) mass is 295 g/mol. The zero-order valence-corrected chi connectivity index (χ0v) is 12.4. The number of aliphatic hydroxyl groups excluding tert-OH is 1. The van der Waals surface area contributed by atoms with Crippen LogP contribution in [0.4, 0.5) is 0 Å². The fraction of sp³-hybridized carbons (Fsp3) is 0.625. The molecule has 1 unspecified atom stereocenters. The Morgan fingerprint density at radius 2 is 2.10 bits per heavy atom. The van der Waals surface area contributed by atoms with Crippen LogP contribution in [0, 0.1) is 11.3 Å². The lowest BCUT2D eigenvalue weighted by atomic mass is 10.0. The molecular formula is C16H22ClNO2. The average molecular weight is 296 g/mol. The molecule has 0 bridgehead atoms. The van der Waals surface area contributed by atoms with Gasteiger partial charge in [0.05, 0.1) is 5.02 Å². The molecule has 0 amide bonds. The van der Waals surface area contributed by atoms with E-state index >= 15 is 0 Å². The molecule has 1 aromatic carbocycles. The third kappa shape index (κ3) is 3.46. The summed E-state index contributed by atoms with van der Waals surface area (Å²) in [7, 11) is 0. The Morgan fingerprint density at radius 1 is 1.35 bits per heavy atom. The lowest BCUT2D eigenvalue weighted by molar-refractivity contribution is 0.105. The summed E-state index contributed by atoms with van der Waals surface area (Å²) >= 11 is 6.00. The minimum Gasteiger partial charge on any atom is -0.489 e. The van der Waals surface area contributed by atoms with Crippen molar-refractivity contribution in [1.82, 2.24) is 5.32 Å². The van der Waals surface area contributed by atoms with Crippen molar-refractivity contribution in [3.8, 4) is 5.75 Å². The van der Waals surface area contributed by atoms with Gasteiger partial charge in [-0.15, -0.1) is 0 Å². The lowest BCUT2D eigenvalue weighted by Gasteiger charge is -2.18. The quantitative estimate of drug-likeness (QED) is 0.775. The summed E-state index contributed by atoms with van der Waals surface area (Å²) in [5.74, 6) is 1.58. The van der Waals surface area contributed by atoms with Gasteiger partial charge in [0.15, 0.2) is 0 Å². The van der Waals surface area contributed by atoms with E-state index in [1.807, 2.05) is 18.2 Å². The highest BCUT2D eigenvalue weighted by molar-refractivity contribution is 6.32. The minimum atomic E-state index is -0.499. The molecule has 2 fully saturated rings. The van der Waals surface area contributed by atoms with Crippen LogP contribution in [0.1, 0.15) is 25.7 Å². The van der Waals surface area contributed by atoms with Crippen LogP contribution in [-0.2, 0) is 0 Å². The summed E-state index contributed by atoms with van der Waals surface area (Å²) in [6.07, 6.45) is 5.02. The van der Waals surface area contributed by atoms with Crippen LogP contribution >= 0.6 is 11.6 Å². The Labute approximate surface area is 125 Å². The maximum absolute atomic E-state index is 9.94. The van der Waals surface area contributed by atoms with Crippen molar-refractivity contribution in [3.63, 3.8) is 0 Å². The van der Waals surface area contributed by atoms with Crippen LogP contribution in [-0.4, -0.2) is 30.9 Å². The average Bonchev–Trinajstić information content (AvgIpc) is 3.30. The summed E-state index contributed by atoms with van der Waals surface area (Å²) in [4.78, 5) is 0. The molecule has 2 saturated carbocycles.